The Morgan fingerprint density at radius 1 is 1.30 bits per heavy atom. The first-order valence-electron chi connectivity index (χ1n) is 6.55. The van der Waals surface area contributed by atoms with Crippen LogP contribution in [0.1, 0.15) is 24.8 Å². The van der Waals surface area contributed by atoms with Crippen LogP contribution in [0.3, 0.4) is 0 Å². The van der Waals surface area contributed by atoms with Crippen LogP contribution in [0.25, 0.3) is 0 Å². The monoisotopic (exact) mass is 291 g/mol. The lowest BCUT2D eigenvalue weighted by molar-refractivity contribution is -0.163. The van der Waals surface area contributed by atoms with Crippen molar-refractivity contribution in [2.45, 2.75) is 43.9 Å². The van der Waals surface area contributed by atoms with Crippen LogP contribution in [0.4, 0.5) is 17.6 Å². The number of ether oxygens (including phenoxy) is 1. The maximum Gasteiger partial charge on any atom is 0.403 e. The minimum Gasteiger partial charge on any atom is -0.494 e. The van der Waals surface area contributed by atoms with Gasteiger partial charge in [0.25, 0.3) is 0 Å². The molecule has 0 spiro atoms. The molecule has 2 nitrogen and oxygen atoms in total. The third-order valence-corrected chi connectivity index (χ3v) is 3.58. The van der Waals surface area contributed by atoms with Crippen LogP contribution in [0.2, 0.25) is 0 Å². The highest BCUT2D eigenvalue weighted by Gasteiger charge is 2.41. The van der Waals surface area contributed by atoms with Crippen molar-refractivity contribution in [3.63, 3.8) is 0 Å². The molecule has 1 saturated heterocycles. The van der Waals surface area contributed by atoms with Crippen LogP contribution in [0.5, 0.6) is 5.75 Å². The summed E-state index contributed by atoms with van der Waals surface area (Å²) in [7, 11) is 1.37. The summed E-state index contributed by atoms with van der Waals surface area (Å²) >= 11 is 0. The van der Waals surface area contributed by atoms with Crippen molar-refractivity contribution in [3.8, 4) is 5.75 Å². The lowest BCUT2D eigenvalue weighted by Gasteiger charge is -2.32. The normalized spacial score (nSPS) is 23.6. The number of hydrogen-bond acceptors (Lipinski definition) is 2. The Morgan fingerprint density at radius 2 is 2.05 bits per heavy atom. The van der Waals surface area contributed by atoms with E-state index in [1.54, 1.807) is 6.07 Å². The molecule has 0 bridgehead atoms. The SMILES string of the molecule is COc1ccc(CC2CCCC(C(F)(F)F)N2)cc1F. The molecular weight excluding hydrogens is 274 g/mol. The lowest BCUT2D eigenvalue weighted by Crippen LogP contribution is -2.51. The number of halogens is 4. The van der Waals surface area contributed by atoms with E-state index >= 15 is 0 Å². The van der Waals surface area contributed by atoms with E-state index in [4.69, 9.17) is 4.74 Å². The molecule has 1 heterocycles. The average Bonchev–Trinajstić information content (AvgIpc) is 2.38. The summed E-state index contributed by atoms with van der Waals surface area (Å²) in [6.45, 7) is 0. The molecule has 6 heteroatoms. The molecule has 0 saturated carbocycles. The maximum atomic E-state index is 13.5. The summed E-state index contributed by atoms with van der Waals surface area (Å²) in [6, 6.07) is 2.76. The average molecular weight is 291 g/mol. The largest absolute Gasteiger partial charge is 0.494 e. The van der Waals surface area contributed by atoms with Gasteiger partial charge in [-0.3, -0.25) is 0 Å². The van der Waals surface area contributed by atoms with E-state index in [2.05, 4.69) is 5.32 Å². The third-order valence-electron chi connectivity index (χ3n) is 3.58. The number of hydrogen-bond donors (Lipinski definition) is 1. The summed E-state index contributed by atoms with van der Waals surface area (Å²) in [5.74, 6) is -0.355. The van der Waals surface area contributed by atoms with Gasteiger partial charge < -0.3 is 10.1 Å². The van der Waals surface area contributed by atoms with Gasteiger partial charge in [-0.1, -0.05) is 6.07 Å². The topological polar surface area (TPSA) is 21.3 Å². The van der Waals surface area contributed by atoms with Crippen molar-refractivity contribution < 1.29 is 22.3 Å². The Balaban J connectivity index is 2.01. The highest BCUT2D eigenvalue weighted by molar-refractivity contribution is 5.29. The lowest BCUT2D eigenvalue weighted by atomic mass is 9.93. The standard InChI is InChI=1S/C14H17F4NO/c1-20-12-6-5-9(8-11(12)15)7-10-3-2-4-13(19-10)14(16,17)18/h5-6,8,10,13,19H,2-4,7H2,1H3. The highest BCUT2D eigenvalue weighted by atomic mass is 19.4. The zero-order valence-corrected chi connectivity index (χ0v) is 11.1. The van der Waals surface area contributed by atoms with Gasteiger partial charge in [0.1, 0.15) is 6.04 Å². The van der Waals surface area contributed by atoms with Gasteiger partial charge in [0, 0.05) is 6.04 Å². The molecule has 112 valence electrons. The van der Waals surface area contributed by atoms with E-state index in [0.29, 0.717) is 24.8 Å². The van der Waals surface area contributed by atoms with Crippen molar-refractivity contribution in [3.05, 3.63) is 29.6 Å². The fourth-order valence-corrected chi connectivity index (χ4v) is 2.56. The number of piperidine rings is 1. The van der Waals surface area contributed by atoms with Crippen LogP contribution in [0.15, 0.2) is 18.2 Å². The first-order chi connectivity index (χ1) is 9.40. The molecule has 0 radical (unpaired) electrons. The Kier molecular flexibility index (Phi) is 4.52. The van der Waals surface area contributed by atoms with Crippen LogP contribution < -0.4 is 10.1 Å². The van der Waals surface area contributed by atoms with Gasteiger partial charge in [0.15, 0.2) is 11.6 Å². The number of rotatable bonds is 3. The molecule has 2 rings (SSSR count). The van der Waals surface area contributed by atoms with Gasteiger partial charge >= 0.3 is 6.18 Å². The second-order valence-corrected chi connectivity index (χ2v) is 5.06. The van der Waals surface area contributed by atoms with Crippen molar-refractivity contribution in [1.82, 2.24) is 5.32 Å². The number of benzene rings is 1. The molecule has 1 aromatic rings. The summed E-state index contributed by atoms with van der Waals surface area (Å²) in [6.07, 6.45) is -2.53. The Labute approximate surface area is 115 Å². The van der Waals surface area contributed by atoms with Crippen molar-refractivity contribution in [1.29, 1.82) is 0 Å². The molecule has 20 heavy (non-hydrogen) atoms. The minimum atomic E-state index is -4.22. The van der Waals surface area contributed by atoms with Gasteiger partial charge in [-0.05, 0) is 43.4 Å². The van der Waals surface area contributed by atoms with Crippen LogP contribution in [-0.2, 0) is 6.42 Å². The molecule has 1 aromatic carbocycles. The van der Waals surface area contributed by atoms with Gasteiger partial charge in [-0.2, -0.15) is 13.2 Å². The Morgan fingerprint density at radius 3 is 2.65 bits per heavy atom. The summed E-state index contributed by atoms with van der Waals surface area (Å²) in [5, 5.41) is 2.61. The first-order valence-corrected chi connectivity index (χ1v) is 6.55. The maximum absolute atomic E-state index is 13.5. The van der Waals surface area contributed by atoms with E-state index in [9.17, 15) is 17.6 Å². The van der Waals surface area contributed by atoms with Gasteiger partial charge in [-0.15, -0.1) is 0 Å². The first kappa shape index (κ1) is 15.1. The van der Waals surface area contributed by atoms with E-state index < -0.39 is 18.0 Å². The van der Waals surface area contributed by atoms with Crippen molar-refractivity contribution in [2.75, 3.05) is 7.11 Å². The van der Waals surface area contributed by atoms with Crippen molar-refractivity contribution in [2.24, 2.45) is 0 Å². The fourth-order valence-electron chi connectivity index (χ4n) is 2.56. The molecule has 2 unspecified atom stereocenters. The number of nitrogens with one attached hydrogen (secondary N) is 1. The molecule has 2 atom stereocenters. The van der Waals surface area contributed by atoms with Gasteiger partial charge in [-0.25, -0.2) is 4.39 Å². The molecule has 0 aliphatic carbocycles. The highest BCUT2D eigenvalue weighted by Crippen LogP contribution is 2.29. The molecule has 1 N–H and O–H groups in total. The van der Waals surface area contributed by atoms with Crippen LogP contribution in [-0.4, -0.2) is 25.4 Å². The second kappa shape index (κ2) is 5.99. The van der Waals surface area contributed by atoms with Gasteiger partial charge in [0.2, 0.25) is 0 Å². The molecule has 0 amide bonds. The smallest absolute Gasteiger partial charge is 0.403 e. The fraction of sp³-hybridized carbons (Fsp3) is 0.571. The summed E-state index contributed by atoms with van der Waals surface area (Å²) in [5.41, 5.74) is 0.670. The summed E-state index contributed by atoms with van der Waals surface area (Å²) in [4.78, 5) is 0. The molecule has 1 aliphatic rings. The second-order valence-electron chi connectivity index (χ2n) is 5.06. The van der Waals surface area contributed by atoms with Gasteiger partial charge in [0.05, 0.1) is 7.11 Å². The molecule has 0 aromatic heterocycles. The van der Waals surface area contributed by atoms with Crippen LogP contribution >= 0.6 is 0 Å². The van der Waals surface area contributed by atoms with E-state index in [0.717, 1.165) is 0 Å². The summed E-state index contributed by atoms with van der Waals surface area (Å²) < 4.78 is 56.4. The molecule has 1 fully saturated rings. The molecule has 1 aliphatic heterocycles. The van der Waals surface area contributed by atoms with Crippen LogP contribution in [0, 0.1) is 5.82 Å². The minimum absolute atomic E-state index is 0.108. The van der Waals surface area contributed by atoms with E-state index in [-0.39, 0.29) is 18.2 Å². The number of methoxy groups -OCH3 is 1. The molecular formula is C14H17F4NO. The Bertz CT molecular complexity index is 461. The van der Waals surface area contributed by atoms with E-state index in [1.165, 1.54) is 19.2 Å². The Hall–Kier alpha value is -1.30. The zero-order chi connectivity index (χ0) is 14.8. The zero-order valence-electron chi connectivity index (χ0n) is 11.1. The van der Waals surface area contributed by atoms with Crippen molar-refractivity contribution >= 4 is 0 Å². The predicted molar refractivity (Wildman–Crippen MR) is 67.3 cm³/mol. The predicted octanol–water partition coefficient (Wildman–Crippen LogP) is 3.45. The quantitative estimate of drug-likeness (QED) is 0.861. The van der Waals surface area contributed by atoms with E-state index in [1.807, 2.05) is 0 Å². The number of alkyl halides is 3. The third kappa shape index (κ3) is 3.62.